The van der Waals surface area contributed by atoms with Gasteiger partial charge in [-0.2, -0.15) is 0 Å². The monoisotopic (exact) mass is 415 g/mol. The predicted molar refractivity (Wildman–Crippen MR) is 134 cm³/mol. The maximum absolute atomic E-state index is 6.36. The molecular weight excluding hydrogens is 390 g/mol. The van der Waals surface area contributed by atoms with Crippen molar-refractivity contribution in [3.8, 4) is 0 Å². The van der Waals surface area contributed by atoms with Gasteiger partial charge in [0.05, 0.1) is 12.3 Å². The zero-order valence-electron chi connectivity index (χ0n) is 18.4. The number of benzene rings is 4. The first-order valence-electron chi connectivity index (χ1n) is 11.2. The number of allylic oxidation sites excluding steroid dienone is 1. The summed E-state index contributed by atoms with van der Waals surface area (Å²) in [6.45, 7) is 9.05. The average Bonchev–Trinajstić information content (AvgIpc) is 3.19. The molecule has 0 bridgehead atoms. The van der Waals surface area contributed by atoms with Crippen LogP contribution in [0.5, 0.6) is 0 Å². The van der Waals surface area contributed by atoms with Crippen molar-refractivity contribution >= 4 is 50.7 Å². The zero-order valence-corrected chi connectivity index (χ0v) is 18.4. The van der Waals surface area contributed by atoms with Gasteiger partial charge in [0.25, 0.3) is 11.2 Å². The predicted octanol–water partition coefficient (Wildman–Crippen LogP) is 8.11. The second kappa shape index (κ2) is 7.13. The molecule has 0 unspecified atom stereocenters. The molecule has 0 saturated heterocycles. The van der Waals surface area contributed by atoms with Gasteiger partial charge in [-0.1, -0.05) is 68.0 Å². The minimum atomic E-state index is 0.549. The normalized spacial score (nSPS) is 13.9. The highest BCUT2D eigenvalue weighted by Gasteiger charge is 2.31. The first-order chi connectivity index (χ1) is 15.6. The first-order valence-corrected chi connectivity index (χ1v) is 11.2. The minimum absolute atomic E-state index is 0.549. The Balaban J connectivity index is 1.61. The number of furan rings is 1. The molecule has 0 radical (unpaired) electrons. The molecule has 2 heteroatoms. The van der Waals surface area contributed by atoms with Crippen molar-refractivity contribution in [2.24, 2.45) is 5.92 Å². The molecule has 1 aromatic heterocycles. The van der Waals surface area contributed by atoms with Gasteiger partial charge >= 0.3 is 0 Å². The Morgan fingerprint density at radius 1 is 0.906 bits per heavy atom. The van der Waals surface area contributed by atoms with E-state index in [2.05, 4.69) is 97.9 Å². The highest BCUT2D eigenvalue weighted by Crippen LogP contribution is 2.45. The molecule has 32 heavy (non-hydrogen) atoms. The van der Waals surface area contributed by atoms with Crippen LogP contribution in [0.4, 0.5) is 5.69 Å². The second-order valence-corrected chi connectivity index (χ2v) is 9.04. The third-order valence-electron chi connectivity index (χ3n) is 6.43. The molecule has 0 saturated carbocycles. The smallest absolute Gasteiger partial charge is 0.278 e. The molecule has 4 aromatic carbocycles. The SMILES string of the molecule is C=[N+]1c2ccc3ccccc3c2C(CC(C)C)=C[C-]1c1cccc2c1[o+][c-]1ccccc21. The van der Waals surface area contributed by atoms with Gasteiger partial charge in [0.2, 0.25) is 0 Å². The lowest BCUT2D eigenvalue weighted by Crippen LogP contribution is -2.18. The standard InChI is InChI=1S/C30H25NO/c1-19(2)17-21-18-27(31(3)26-16-15-20-9-4-5-10-22(20)29(21)26)25-13-8-12-24-23-11-6-7-14-28(23)32-30(24)25/h4-16,18-19H,3,17H2,1-2H3. The summed E-state index contributed by atoms with van der Waals surface area (Å²) in [5.74, 6) is 0.549. The number of para-hydroxylation sites is 2. The van der Waals surface area contributed by atoms with Crippen molar-refractivity contribution in [3.63, 3.8) is 0 Å². The lowest BCUT2D eigenvalue weighted by atomic mass is 9.85. The summed E-state index contributed by atoms with van der Waals surface area (Å²) in [6, 6.07) is 28.8. The Morgan fingerprint density at radius 3 is 2.59 bits per heavy atom. The number of hydrogen-bond donors (Lipinski definition) is 0. The molecule has 0 N–H and O–H groups in total. The van der Waals surface area contributed by atoms with Crippen molar-refractivity contribution in [1.82, 2.24) is 0 Å². The lowest BCUT2D eigenvalue weighted by molar-refractivity contribution is -0.400. The lowest BCUT2D eigenvalue weighted by Gasteiger charge is -2.28. The average molecular weight is 416 g/mol. The summed E-state index contributed by atoms with van der Waals surface area (Å²) in [4.78, 5) is 0. The Kier molecular flexibility index (Phi) is 4.22. The molecule has 6 rings (SSSR count). The zero-order chi connectivity index (χ0) is 21.8. The number of rotatable bonds is 3. The topological polar surface area (TPSA) is 14.3 Å². The summed E-state index contributed by atoms with van der Waals surface area (Å²) in [7, 11) is 0. The van der Waals surface area contributed by atoms with Crippen LogP contribution in [-0.2, 0) is 0 Å². The van der Waals surface area contributed by atoms with E-state index in [9.17, 15) is 0 Å². The fourth-order valence-electron chi connectivity index (χ4n) is 5.04. The van der Waals surface area contributed by atoms with E-state index < -0.39 is 0 Å². The third-order valence-corrected chi connectivity index (χ3v) is 6.43. The van der Waals surface area contributed by atoms with E-state index in [0.29, 0.717) is 5.92 Å². The van der Waals surface area contributed by atoms with Gasteiger partial charge in [0, 0.05) is 5.56 Å². The van der Waals surface area contributed by atoms with Gasteiger partial charge in [-0.25, -0.2) is 4.58 Å². The summed E-state index contributed by atoms with van der Waals surface area (Å²) in [5, 5.41) is 4.83. The van der Waals surface area contributed by atoms with Gasteiger partial charge in [-0.3, -0.25) is 4.42 Å². The number of fused-ring (bicyclic) bond motifs is 6. The van der Waals surface area contributed by atoms with Crippen LogP contribution in [0.2, 0.25) is 0 Å². The number of hydrogen-bond acceptors (Lipinski definition) is 0. The van der Waals surface area contributed by atoms with E-state index in [1.54, 1.807) is 0 Å². The van der Waals surface area contributed by atoms with E-state index in [0.717, 1.165) is 45.7 Å². The van der Waals surface area contributed by atoms with Crippen LogP contribution < -0.4 is 0 Å². The molecule has 1 aliphatic rings. The molecule has 0 amide bonds. The largest absolute Gasteiger partial charge is 0.286 e. The Labute approximate surface area is 188 Å². The Hall–Kier alpha value is -3.78. The fraction of sp³-hybridized carbons (Fsp3) is 0.133. The van der Waals surface area contributed by atoms with Crippen LogP contribution in [0.15, 0.2) is 89.4 Å². The van der Waals surface area contributed by atoms with Gasteiger partial charge in [0.15, 0.2) is 11.7 Å². The molecule has 0 spiro atoms. The molecule has 2 nitrogen and oxygen atoms in total. The van der Waals surface area contributed by atoms with Crippen molar-refractivity contribution < 1.29 is 8.99 Å². The summed E-state index contributed by atoms with van der Waals surface area (Å²) in [6.07, 6.45) is 3.33. The van der Waals surface area contributed by atoms with E-state index in [1.165, 1.54) is 21.9 Å². The first kappa shape index (κ1) is 18.9. The van der Waals surface area contributed by atoms with E-state index in [1.807, 2.05) is 12.1 Å². The van der Waals surface area contributed by atoms with Crippen LogP contribution in [0, 0.1) is 12.0 Å². The quantitative estimate of drug-likeness (QED) is 0.165. The molecule has 2 heterocycles. The maximum Gasteiger partial charge on any atom is 0.278 e. The molecule has 1 aliphatic heterocycles. The van der Waals surface area contributed by atoms with Crippen molar-refractivity contribution in [1.29, 1.82) is 0 Å². The molecule has 5 aromatic rings. The summed E-state index contributed by atoms with van der Waals surface area (Å²) >= 11 is 0. The van der Waals surface area contributed by atoms with Gasteiger partial charge < -0.3 is 0 Å². The fourth-order valence-corrected chi connectivity index (χ4v) is 5.04. The maximum atomic E-state index is 6.36. The summed E-state index contributed by atoms with van der Waals surface area (Å²) in [5.41, 5.74) is 6.71. The van der Waals surface area contributed by atoms with Gasteiger partial charge in [-0.05, 0) is 52.1 Å². The second-order valence-electron chi connectivity index (χ2n) is 9.04. The van der Waals surface area contributed by atoms with E-state index in [4.69, 9.17) is 4.42 Å². The van der Waals surface area contributed by atoms with E-state index >= 15 is 0 Å². The van der Waals surface area contributed by atoms with Crippen LogP contribution in [-0.4, -0.2) is 11.3 Å². The van der Waals surface area contributed by atoms with Crippen molar-refractivity contribution in [2.75, 3.05) is 0 Å². The van der Waals surface area contributed by atoms with Crippen molar-refractivity contribution in [2.45, 2.75) is 20.3 Å². The van der Waals surface area contributed by atoms with Gasteiger partial charge in [0.1, 0.15) is 0 Å². The highest BCUT2D eigenvalue weighted by atomic mass is 16.3. The van der Waals surface area contributed by atoms with Crippen molar-refractivity contribution in [3.05, 3.63) is 102 Å². The van der Waals surface area contributed by atoms with E-state index in [-0.39, 0.29) is 0 Å². The third kappa shape index (κ3) is 2.80. The molecule has 0 atom stereocenters. The van der Waals surface area contributed by atoms with Crippen LogP contribution >= 0.6 is 0 Å². The summed E-state index contributed by atoms with van der Waals surface area (Å²) < 4.78 is 8.43. The highest BCUT2D eigenvalue weighted by molar-refractivity contribution is 6.07. The Morgan fingerprint density at radius 2 is 1.72 bits per heavy atom. The van der Waals surface area contributed by atoms with Crippen LogP contribution in [0.3, 0.4) is 0 Å². The molecule has 156 valence electrons. The Bertz CT molecular complexity index is 1550. The van der Waals surface area contributed by atoms with Gasteiger partial charge in [-0.15, -0.1) is 18.2 Å². The minimum Gasteiger partial charge on any atom is -0.286 e. The van der Waals surface area contributed by atoms with Crippen LogP contribution in [0.1, 0.15) is 31.4 Å². The number of nitrogens with zero attached hydrogens (tertiary/aromatic N) is 1. The van der Waals surface area contributed by atoms with Crippen LogP contribution in [0.25, 0.3) is 38.3 Å². The molecule has 0 fully saturated rings. The molecule has 0 aliphatic carbocycles. The molecular formula is C30H25NO.